The van der Waals surface area contributed by atoms with Crippen molar-refractivity contribution in [1.82, 2.24) is 0 Å². The minimum absolute atomic E-state index is 0.506. The van der Waals surface area contributed by atoms with Crippen LogP contribution in [0.5, 0.6) is 0 Å². The Morgan fingerprint density at radius 2 is 2.73 bits per heavy atom. The van der Waals surface area contributed by atoms with Gasteiger partial charge in [0.15, 0.2) is 0 Å². The van der Waals surface area contributed by atoms with Crippen molar-refractivity contribution in [2.75, 3.05) is 11.5 Å². The molecule has 0 aliphatic carbocycles. The third kappa shape index (κ3) is 3.67. The molecule has 1 atom stereocenters. The average molecular weight is 252 g/mol. The van der Waals surface area contributed by atoms with E-state index in [-0.39, 0.29) is 0 Å². The van der Waals surface area contributed by atoms with Gasteiger partial charge in [-0.1, -0.05) is 46.0 Å². The molecule has 11 heavy (non-hydrogen) atoms. The Bertz CT molecular complexity index is 191. The molecule has 0 spiro atoms. The van der Waals surface area contributed by atoms with E-state index in [9.17, 15) is 0 Å². The summed E-state index contributed by atoms with van der Waals surface area (Å²) in [6.07, 6.45) is 0. The standard InChI is InChI=1S/C7H10BrNS2/c1-5(8)3-10-7-9-6(2)4-11-7/h6H,1,3-4H2,2H3. The van der Waals surface area contributed by atoms with Crippen LogP contribution >= 0.6 is 39.5 Å². The van der Waals surface area contributed by atoms with Crippen molar-refractivity contribution in [2.24, 2.45) is 4.99 Å². The molecular weight excluding hydrogens is 242 g/mol. The minimum Gasteiger partial charge on any atom is -0.268 e. The average Bonchev–Trinajstić information content (AvgIpc) is 2.31. The number of halogens is 1. The maximum Gasteiger partial charge on any atom is 0.125 e. The van der Waals surface area contributed by atoms with Gasteiger partial charge in [0.05, 0.1) is 6.04 Å². The first-order chi connectivity index (χ1) is 5.18. The van der Waals surface area contributed by atoms with Crippen LogP contribution in [-0.4, -0.2) is 21.9 Å². The fourth-order valence-corrected chi connectivity index (χ4v) is 2.97. The molecule has 0 fully saturated rings. The lowest BCUT2D eigenvalue weighted by molar-refractivity contribution is 0.867. The Labute approximate surface area is 84.2 Å². The van der Waals surface area contributed by atoms with Crippen molar-refractivity contribution >= 4 is 43.8 Å². The summed E-state index contributed by atoms with van der Waals surface area (Å²) in [5.74, 6) is 2.07. The summed E-state index contributed by atoms with van der Waals surface area (Å²) in [5.41, 5.74) is 0. The molecule has 1 aliphatic rings. The lowest BCUT2D eigenvalue weighted by atomic mass is 10.4. The third-order valence-electron chi connectivity index (χ3n) is 1.13. The predicted octanol–water partition coefficient (Wildman–Crippen LogP) is 3.12. The van der Waals surface area contributed by atoms with E-state index in [0.717, 1.165) is 16.0 Å². The molecule has 1 rings (SSSR count). The van der Waals surface area contributed by atoms with Crippen LogP contribution < -0.4 is 0 Å². The first kappa shape index (κ1) is 9.68. The van der Waals surface area contributed by atoms with Gasteiger partial charge in [0, 0.05) is 11.5 Å². The van der Waals surface area contributed by atoms with Crippen LogP contribution in [0.25, 0.3) is 0 Å². The lowest BCUT2D eigenvalue weighted by Crippen LogP contribution is -1.92. The van der Waals surface area contributed by atoms with Gasteiger partial charge in [-0.15, -0.1) is 0 Å². The van der Waals surface area contributed by atoms with Gasteiger partial charge in [-0.3, -0.25) is 4.99 Å². The zero-order valence-corrected chi connectivity index (χ0v) is 9.56. The summed E-state index contributed by atoms with van der Waals surface area (Å²) < 4.78 is 2.24. The van der Waals surface area contributed by atoms with Gasteiger partial charge in [0.25, 0.3) is 0 Å². The number of hydrogen-bond acceptors (Lipinski definition) is 3. The third-order valence-corrected chi connectivity index (χ3v) is 4.33. The van der Waals surface area contributed by atoms with Crippen LogP contribution in [0.2, 0.25) is 0 Å². The summed E-state index contributed by atoms with van der Waals surface area (Å²) in [5, 5.41) is 0. The predicted molar refractivity (Wildman–Crippen MR) is 59.9 cm³/mol. The maximum absolute atomic E-state index is 4.44. The zero-order chi connectivity index (χ0) is 8.27. The molecular formula is C7H10BrNS2. The van der Waals surface area contributed by atoms with Crippen LogP contribution in [0.3, 0.4) is 0 Å². The Morgan fingerprint density at radius 3 is 3.18 bits per heavy atom. The smallest absolute Gasteiger partial charge is 0.125 e. The number of thioether (sulfide) groups is 2. The second kappa shape index (κ2) is 4.58. The van der Waals surface area contributed by atoms with Gasteiger partial charge in [-0.2, -0.15) is 0 Å². The molecule has 1 aliphatic heterocycles. The summed E-state index contributed by atoms with van der Waals surface area (Å²) >= 11 is 6.92. The normalized spacial score (nSPS) is 23.5. The molecule has 0 bridgehead atoms. The fourth-order valence-electron chi connectivity index (χ4n) is 0.665. The Morgan fingerprint density at radius 1 is 2.00 bits per heavy atom. The number of rotatable bonds is 2. The molecule has 0 saturated heterocycles. The molecule has 4 heteroatoms. The summed E-state index contributed by atoms with van der Waals surface area (Å²) in [6.45, 7) is 5.91. The maximum atomic E-state index is 4.44. The van der Waals surface area contributed by atoms with E-state index in [4.69, 9.17) is 0 Å². The molecule has 0 aromatic heterocycles. The molecule has 0 N–H and O–H groups in total. The number of hydrogen-bond donors (Lipinski definition) is 0. The van der Waals surface area contributed by atoms with Crippen LogP contribution in [-0.2, 0) is 0 Å². The molecule has 1 unspecified atom stereocenters. The second-order valence-corrected chi connectivity index (χ2v) is 5.71. The second-order valence-electron chi connectivity index (χ2n) is 2.36. The lowest BCUT2D eigenvalue weighted by Gasteiger charge is -1.95. The molecule has 0 amide bonds. The summed E-state index contributed by atoms with van der Waals surface area (Å²) in [6, 6.07) is 0.506. The van der Waals surface area contributed by atoms with Crippen molar-refractivity contribution in [1.29, 1.82) is 0 Å². The van der Waals surface area contributed by atoms with Crippen LogP contribution in [0.1, 0.15) is 6.92 Å². The molecule has 0 saturated carbocycles. The molecule has 0 radical (unpaired) electrons. The number of aliphatic imine (C=N–C) groups is 1. The largest absolute Gasteiger partial charge is 0.268 e. The van der Waals surface area contributed by atoms with Gasteiger partial charge >= 0.3 is 0 Å². The Balaban J connectivity index is 2.27. The van der Waals surface area contributed by atoms with E-state index in [2.05, 4.69) is 34.4 Å². The molecule has 0 aromatic rings. The number of nitrogens with zero attached hydrogens (tertiary/aromatic N) is 1. The van der Waals surface area contributed by atoms with Crippen molar-refractivity contribution < 1.29 is 0 Å². The molecule has 0 aromatic carbocycles. The van der Waals surface area contributed by atoms with Crippen LogP contribution in [0.15, 0.2) is 16.1 Å². The highest BCUT2D eigenvalue weighted by atomic mass is 79.9. The molecule has 62 valence electrons. The first-order valence-corrected chi connectivity index (χ1v) is 6.11. The van der Waals surface area contributed by atoms with Crippen molar-refractivity contribution in [3.05, 3.63) is 11.1 Å². The van der Waals surface area contributed by atoms with Gasteiger partial charge in [0.1, 0.15) is 4.38 Å². The van der Waals surface area contributed by atoms with Crippen molar-refractivity contribution in [3.8, 4) is 0 Å². The summed E-state index contributed by atoms with van der Waals surface area (Å²) in [7, 11) is 0. The topological polar surface area (TPSA) is 12.4 Å². The fraction of sp³-hybridized carbons (Fsp3) is 0.571. The molecule has 1 heterocycles. The quantitative estimate of drug-likeness (QED) is 0.748. The minimum atomic E-state index is 0.506. The monoisotopic (exact) mass is 251 g/mol. The highest BCUT2D eigenvalue weighted by molar-refractivity contribution is 9.11. The van der Waals surface area contributed by atoms with E-state index in [1.807, 2.05) is 11.8 Å². The summed E-state index contributed by atoms with van der Waals surface area (Å²) in [4.78, 5) is 4.44. The van der Waals surface area contributed by atoms with E-state index in [1.54, 1.807) is 11.8 Å². The van der Waals surface area contributed by atoms with Crippen LogP contribution in [0.4, 0.5) is 0 Å². The Kier molecular flexibility index (Phi) is 4.02. The van der Waals surface area contributed by atoms with Crippen LogP contribution in [0, 0.1) is 0 Å². The SMILES string of the molecule is C=C(Br)CSC1=NC(C)CS1. The van der Waals surface area contributed by atoms with E-state index < -0.39 is 0 Å². The van der Waals surface area contributed by atoms with Gasteiger partial charge < -0.3 is 0 Å². The van der Waals surface area contributed by atoms with E-state index >= 15 is 0 Å². The highest BCUT2D eigenvalue weighted by Gasteiger charge is 2.13. The molecule has 1 nitrogen and oxygen atoms in total. The van der Waals surface area contributed by atoms with Crippen molar-refractivity contribution in [3.63, 3.8) is 0 Å². The first-order valence-electron chi connectivity index (χ1n) is 3.35. The van der Waals surface area contributed by atoms with Gasteiger partial charge in [0.2, 0.25) is 0 Å². The van der Waals surface area contributed by atoms with E-state index in [0.29, 0.717) is 6.04 Å². The van der Waals surface area contributed by atoms with E-state index in [1.165, 1.54) is 4.38 Å². The Hall–Kier alpha value is 0.590. The van der Waals surface area contributed by atoms with Gasteiger partial charge in [-0.05, 0) is 11.4 Å². The highest BCUT2D eigenvalue weighted by Crippen LogP contribution is 2.27. The van der Waals surface area contributed by atoms with Gasteiger partial charge in [-0.25, -0.2) is 0 Å². The zero-order valence-electron chi connectivity index (χ0n) is 6.34. The van der Waals surface area contributed by atoms with Crippen molar-refractivity contribution in [2.45, 2.75) is 13.0 Å².